The van der Waals surface area contributed by atoms with Gasteiger partial charge in [0, 0.05) is 11.1 Å². The third kappa shape index (κ3) is 3.89. The third-order valence-electron chi connectivity index (χ3n) is 4.45. The SMILES string of the molecule is CCCc1ccc(C(=O)[C@H](C)Sc2nnc(-c3ccc4c(c3)OCO4)o2)cc1. The van der Waals surface area contributed by atoms with Gasteiger partial charge in [-0.1, -0.05) is 49.4 Å². The molecule has 7 heteroatoms. The van der Waals surface area contributed by atoms with Crippen LogP contribution in [0.4, 0.5) is 0 Å². The Morgan fingerprint density at radius 3 is 2.68 bits per heavy atom. The number of rotatable bonds is 7. The Balaban J connectivity index is 1.43. The number of aryl methyl sites for hydroxylation is 1. The number of benzene rings is 2. The summed E-state index contributed by atoms with van der Waals surface area (Å²) in [6.45, 7) is 4.19. The molecule has 0 bridgehead atoms. The van der Waals surface area contributed by atoms with Gasteiger partial charge in [0.2, 0.25) is 12.7 Å². The molecule has 0 saturated carbocycles. The van der Waals surface area contributed by atoms with Gasteiger partial charge in [0.05, 0.1) is 5.25 Å². The molecule has 2 heterocycles. The van der Waals surface area contributed by atoms with Crippen LogP contribution in [-0.4, -0.2) is 28.0 Å². The predicted molar refractivity (Wildman–Crippen MR) is 106 cm³/mol. The van der Waals surface area contributed by atoms with E-state index in [1.165, 1.54) is 17.3 Å². The molecule has 6 nitrogen and oxygen atoms in total. The number of ketones is 1. The molecule has 0 amide bonds. The Hall–Kier alpha value is -2.80. The first kappa shape index (κ1) is 18.6. The first-order chi connectivity index (χ1) is 13.6. The number of hydrogen-bond acceptors (Lipinski definition) is 7. The van der Waals surface area contributed by atoms with Crippen molar-refractivity contribution in [2.45, 2.75) is 37.2 Å². The van der Waals surface area contributed by atoms with Crippen molar-refractivity contribution in [3.8, 4) is 23.0 Å². The van der Waals surface area contributed by atoms with E-state index in [4.69, 9.17) is 13.9 Å². The van der Waals surface area contributed by atoms with Gasteiger partial charge in [0.15, 0.2) is 17.3 Å². The van der Waals surface area contributed by atoms with E-state index >= 15 is 0 Å². The van der Waals surface area contributed by atoms with E-state index in [1.807, 2.05) is 43.3 Å². The highest BCUT2D eigenvalue weighted by molar-refractivity contribution is 8.00. The van der Waals surface area contributed by atoms with Crippen molar-refractivity contribution >= 4 is 17.5 Å². The number of carbonyl (C=O) groups is 1. The topological polar surface area (TPSA) is 74.5 Å². The molecule has 4 rings (SSSR count). The fourth-order valence-electron chi connectivity index (χ4n) is 2.97. The van der Waals surface area contributed by atoms with Crippen molar-refractivity contribution in [3.05, 3.63) is 53.6 Å². The molecule has 0 unspecified atom stereocenters. The van der Waals surface area contributed by atoms with Crippen LogP contribution in [0.3, 0.4) is 0 Å². The van der Waals surface area contributed by atoms with Gasteiger partial charge >= 0.3 is 0 Å². The molecule has 28 heavy (non-hydrogen) atoms. The second kappa shape index (κ2) is 8.06. The van der Waals surface area contributed by atoms with Crippen LogP contribution in [0, 0.1) is 0 Å². The van der Waals surface area contributed by atoms with Crippen molar-refractivity contribution in [3.63, 3.8) is 0 Å². The standard InChI is InChI=1S/C21H20N2O4S/c1-3-4-14-5-7-15(8-6-14)19(24)13(2)28-21-23-22-20(27-21)16-9-10-17-18(11-16)26-12-25-17/h5-11,13H,3-4,12H2,1-2H3/t13-/m0/s1. The van der Waals surface area contributed by atoms with Gasteiger partial charge in [-0.3, -0.25) is 4.79 Å². The zero-order valence-electron chi connectivity index (χ0n) is 15.7. The molecule has 1 atom stereocenters. The molecule has 1 aliphatic heterocycles. The molecule has 0 radical (unpaired) electrons. The van der Waals surface area contributed by atoms with Crippen molar-refractivity contribution < 1.29 is 18.7 Å². The quantitative estimate of drug-likeness (QED) is 0.420. The van der Waals surface area contributed by atoms with Crippen LogP contribution in [0.15, 0.2) is 52.1 Å². The summed E-state index contributed by atoms with van der Waals surface area (Å²) in [5.41, 5.74) is 2.68. The fraction of sp³-hybridized carbons (Fsp3) is 0.286. The monoisotopic (exact) mass is 396 g/mol. The Bertz CT molecular complexity index is 984. The molecular weight excluding hydrogens is 376 g/mol. The van der Waals surface area contributed by atoms with E-state index in [2.05, 4.69) is 17.1 Å². The number of carbonyl (C=O) groups excluding carboxylic acids is 1. The minimum atomic E-state index is -0.331. The average molecular weight is 396 g/mol. The molecule has 1 aromatic heterocycles. The normalized spacial score (nSPS) is 13.5. The highest BCUT2D eigenvalue weighted by Gasteiger charge is 2.21. The highest BCUT2D eigenvalue weighted by atomic mass is 32.2. The van der Waals surface area contributed by atoms with E-state index in [9.17, 15) is 4.79 Å². The van der Waals surface area contributed by atoms with E-state index in [0.29, 0.717) is 28.2 Å². The Morgan fingerprint density at radius 2 is 1.89 bits per heavy atom. The maximum absolute atomic E-state index is 12.7. The highest BCUT2D eigenvalue weighted by Crippen LogP contribution is 2.36. The van der Waals surface area contributed by atoms with Gasteiger partial charge < -0.3 is 13.9 Å². The molecular formula is C21H20N2O4S. The lowest BCUT2D eigenvalue weighted by molar-refractivity contribution is 0.0993. The summed E-state index contributed by atoms with van der Waals surface area (Å²) < 4.78 is 16.4. The van der Waals surface area contributed by atoms with Gasteiger partial charge in [-0.15, -0.1) is 10.2 Å². The second-order valence-electron chi connectivity index (χ2n) is 6.51. The first-order valence-corrected chi connectivity index (χ1v) is 10.1. The number of Topliss-reactive ketones (excluding diaryl/α,β-unsaturated/α-hetero) is 1. The summed E-state index contributed by atoms with van der Waals surface area (Å²) in [6, 6.07) is 13.2. The summed E-state index contributed by atoms with van der Waals surface area (Å²) in [4.78, 5) is 12.7. The lowest BCUT2D eigenvalue weighted by Gasteiger charge is -2.08. The zero-order valence-corrected chi connectivity index (χ0v) is 16.5. The lowest BCUT2D eigenvalue weighted by atomic mass is 10.0. The Kier molecular flexibility index (Phi) is 5.34. The van der Waals surface area contributed by atoms with Crippen molar-refractivity contribution in [1.29, 1.82) is 0 Å². The largest absolute Gasteiger partial charge is 0.454 e. The van der Waals surface area contributed by atoms with Gasteiger partial charge in [-0.25, -0.2) is 0 Å². The molecule has 0 fully saturated rings. The predicted octanol–water partition coefficient (Wildman–Crippen LogP) is 4.78. The van der Waals surface area contributed by atoms with Gasteiger partial charge in [-0.05, 0) is 37.1 Å². The molecule has 3 aromatic rings. The van der Waals surface area contributed by atoms with Crippen LogP contribution in [0.2, 0.25) is 0 Å². The third-order valence-corrected chi connectivity index (χ3v) is 5.38. The maximum Gasteiger partial charge on any atom is 0.277 e. The minimum Gasteiger partial charge on any atom is -0.454 e. The van der Waals surface area contributed by atoms with Crippen molar-refractivity contribution in [2.75, 3.05) is 6.79 Å². The molecule has 0 saturated heterocycles. The maximum atomic E-state index is 12.7. The van der Waals surface area contributed by atoms with E-state index < -0.39 is 0 Å². The second-order valence-corrected chi connectivity index (χ2v) is 7.80. The first-order valence-electron chi connectivity index (χ1n) is 9.17. The van der Waals surface area contributed by atoms with Crippen molar-refractivity contribution in [2.24, 2.45) is 0 Å². The van der Waals surface area contributed by atoms with Gasteiger partial charge in [0.25, 0.3) is 5.22 Å². The summed E-state index contributed by atoms with van der Waals surface area (Å²) in [6.07, 6.45) is 2.10. The van der Waals surface area contributed by atoms with Gasteiger partial charge in [0.1, 0.15) is 0 Å². The number of ether oxygens (including phenoxy) is 2. The van der Waals surface area contributed by atoms with Crippen LogP contribution >= 0.6 is 11.8 Å². The summed E-state index contributed by atoms with van der Waals surface area (Å²) in [7, 11) is 0. The van der Waals surface area contributed by atoms with Crippen LogP contribution in [0.5, 0.6) is 11.5 Å². The number of nitrogens with zero attached hydrogens (tertiary/aromatic N) is 2. The number of fused-ring (bicyclic) bond motifs is 1. The molecule has 1 aliphatic rings. The van der Waals surface area contributed by atoms with E-state index in [-0.39, 0.29) is 17.8 Å². The van der Waals surface area contributed by atoms with E-state index in [0.717, 1.165) is 18.4 Å². The average Bonchev–Trinajstić information content (AvgIpc) is 3.37. The minimum absolute atomic E-state index is 0.0378. The van der Waals surface area contributed by atoms with Gasteiger partial charge in [-0.2, -0.15) is 0 Å². The zero-order chi connectivity index (χ0) is 19.5. The summed E-state index contributed by atoms with van der Waals surface area (Å²) in [5.74, 6) is 1.77. The van der Waals surface area contributed by atoms with Crippen LogP contribution < -0.4 is 9.47 Å². The smallest absolute Gasteiger partial charge is 0.277 e. The molecule has 0 aliphatic carbocycles. The van der Waals surface area contributed by atoms with Crippen molar-refractivity contribution in [1.82, 2.24) is 10.2 Å². The number of thioether (sulfide) groups is 1. The fourth-order valence-corrected chi connectivity index (χ4v) is 3.73. The molecule has 2 aromatic carbocycles. The lowest BCUT2D eigenvalue weighted by Crippen LogP contribution is -2.13. The van der Waals surface area contributed by atoms with E-state index in [1.54, 1.807) is 6.07 Å². The molecule has 0 spiro atoms. The summed E-state index contributed by atoms with van der Waals surface area (Å²) in [5, 5.41) is 8.17. The molecule has 0 N–H and O–H groups in total. The van der Waals surface area contributed by atoms with Crippen LogP contribution in [0.25, 0.3) is 11.5 Å². The molecule has 144 valence electrons. The Morgan fingerprint density at radius 1 is 1.11 bits per heavy atom. The Labute approximate surface area is 167 Å². The van der Waals surface area contributed by atoms with Crippen LogP contribution in [0.1, 0.15) is 36.2 Å². The number of hydrogen-bond donors (Lipinski definition) is 0. The van der Waals surface area contributed by atoms with Crippen LogP contribution in [-0.2, 0) is 6.42 Å². The number of aromatic nitrogens is 2. The summed E-state index contributed by atoms with van der Waals surface area (Å²) >= 11 is 1.26.